The van der Waals surface area contributed by atoms with E-state index in [1.165, 1.54) is 0 Å². The first-order valence-corrected chi connectivity index (χ1v) is 15.6. The lowest BCUT2D eigenvalue weighted by molar-refractivity contribution is 0.0922. The van der Waals surface area contributed by atoms with Crippen molar-refractivity contribution in [1.29, 1.82) is 0 Å². The van der Waals surface area contributed by atoms with Crippen molar-refractivity contribution >= 4 is 29.2 Å². The number of hydrogen-bond acceptors (Lipinski definition) is 7. The molecule has 2 bridgehead atoms. The van der Waals surface area contributed by atoms with Crippen LogP contribution in [0.2, 0.25) is 0 Å². The van der Waals surface area contributed by atoms with Gasteiger partial charge in [0, 0.05) is 60.7 Å². The maximum Gasteiger partial charge on any atom is 0.253 e. The predicted molar refractivity (Wildman–Crippen MR) is 165 cm³/mol. The van der Waals surface area contributed by atoms with E-state index in [0.29, 0.717) is 22.4 Å². The number of nitrogens with zero attached hydrogens (tertiary/aromatic N) is 3. The van der Waals surface area contributed by atoms with Crippen molar-refractivity contribution in [3.05, 3.63) is 53.2 Å². The lowest BCUT2D eigenvalue weighted by Crippen LogP contribution is -2.50. The van der Waals surface area contributed by atoms with E-state index in [9.17, 15) is 14.4 Å². The van der Waals surface area contributed by atoms with Crippen molar-refractivity contribution in [2.45, 2.75) is 95.9 Å². The third-order valence-corrected chi connectivity index (χ3v) is 9.29. The molecule has 3 amide bonds. The van der Waals surface area contributed by atoms with Gasteiger partial charge in [0.15, 0.2) is 0 Å². The molecule has 2 unspecified atom stereocenters. The zero-order valence-corrected chi connectivity index (χ0v) is 25.1. The Bertz CT molecular complexity index is 1270. The molecular weight excluding hydrogens is 530 g/mol. The number of primary amides is 1. The molecule has 2 aromatic rings. The molecule has 3 fully saturated rings. The minimum Gasteiger partial charge on any atom is -0.382 e. The highest BCUT2D eigenvalue weighted by Crippen LogP contribution is 2.38. The first-order chi connectivity index (χ1) is 20.3. The fraction of sp³-hybridized carbons (Fsp3) is 0.562. The summed E-state index contributed by atoms with van der Waals surface area (Å²) in [6, 6.07) is 9.88. The standard InChI is InChI=1S/C32H45N7O3/c1-4-22(5-2)35-28-15-20(7-11-27(28)30(33)40)31(41)37-24-16-25-9-10-26(17-24)39(25)29-12-8-21(18-34-29)32(42)36-23-13-14-38(6-3)19-23/h7-8,11-12,15,18,22-26,35H,4-6,9-10,13-14,16-17,19H2,1-3H3,(H2,33,40)(H,36,42)(H,37,41)/t23-,24?,25?,26?/m1/s1. The summed E-state index contributed by atoms with van der Waals surface area (Å²) >= 11 is 0. The summed E-state index contributed by atoms with van der Waals surface area (Å²) < 4.78 is 0. The second-order valence-corrected chi connectivity index (χ2v) is 12.0. The smallest absolute Gasteiger partial charge is 0.253 e. The number of nitrogens with two attached hydrogens (primary N) is 1. The number of nitrogens with one attached hydrogen (secondary N) is 3. The van der Waals surface area contributed by atoms with E-state index in [1.54, 1.807) is 24.4 Å². The van der Waals surface area contributed by atoms with Crippen molar-refractivity contribution in [2.75, 3.05) is 29.9 Å². The van der Waals surface area contributed by atoms with Crippen molar-refractivity contribution in [2.24, 2.45) is 5.73 Å². The third-order valence-electron chi connectivity index (χ3n) is 9.29. The van der Waals surface area contributed by atoms with Crippen molar-refractivity contribution < 1.29 is 14.4 Å². The molecule has 1 aromatic carbocycles. The van der Waals surface area contributed by atoms with Crippen LogP contribution in [0.1, 0.15) is 96.8 Å². The highest BCUT2D eigenvalue weighted by molar-refractivity contribution is 6.02. The Balaban J connectivity index is 1.20. The van der Waals surface area contributed by atoms with Gasteiger partial charge in [-0.1, -0.05) is 20.8 Å². The number of aromatic nitrogens is 1. The molecule has 0 aliphatic carbocycles. The molecule has 5 rings (SSSR count). The summed E-state index contributed by atoms with van der Waals surface area (Å²) in [5, 5.41) is 9.78. The zero-order valence-electron chi connectivity index (χ0n) is 25.1. The number of amides is 3. The molecular formula is C32H45N7O3. The van der Waals surface area contributed by atoms with Gasteiger partial charge in [-0.2, -0.15) is 0 Å². The van der Waals surface area contributed by atoms with E-state index >= 15 is 0 Å². The van der Waals surface area contributed by atoms with Crippen LogP contribution in [0.3, 0.4) is 0 Å². The van der Waals surface area contributed by atoms with Gasteiger partial charge in [0.05, 0.1) is 11.1 Å². The van der Waals surface area contributed by atoms with Gasteiger partial charge >= 0.3 is 0 Å². The van der Waals surface area contributed by atoms with Gasteiger partial charge in [-0.25, -0.2) is 4.98 Å². The van der Waals surface area contributed by atoms with E-state index in [1.807, 2.05) is 12.1 Å². The third kappa shape index (κ3) is 6.53. The second-order valence-electron chi connectivity index (χ2n) is 12.0. The number of anilines is 2. The highest BCUT2D eigenvalue weighted by Gasteiger charge is 2.42. The lowest BCUT2D eigenvalue weighted by atomic mass is 9.96. The molecule has 0 radical (unpaired) electrons. The minimum atomic E-state index is -0.515. The summed E-state index contributed by atoms with van der Waals surface area (Å²) in [6.45, 7) is 9.24. The first kappa shape index (κ1) is 29.8. The van der Waals surface area contributed by atoms with Crippen LogP contribution < -0.4 is 26.6 Å². The van der Waals surface area contributed by atoms with Crippen LogP contribution in [-0.4, -0.2) is 77.4 Å². The lowest BCUT2D eigenvalue weighted by Gasteiger charge is -2.40. The Morgan fingerprint density at radius 2 is 1.60 bits per heavy atom. The number of hydrogen-bond donors (Lipinski definition) is 4. The molecule has 226 valence electrons. The van der Waals surface area contributed by atoms with Crippen LogP contribution in [0, 0.1) is 0 Å². The fourth-order valence-corrected chi connectivity index (χ4v) is 6.85. The van der Waals surface area contributed by atoms with E-state index < -0.39 is 5.91 Å². The Kier molecular flexibility index (Phi) is 9.30. The number of likely N-dealkylation sites (N-methyl/N-ethyl adjacent to an activating group) is 1. The molecule has 3 aliphatic rings. The molecule has 3 atom stereocenters. The highest BCUT2D eigenvalue weighted by atomic mass is 16.2. The van der Waals surface area contributed by atoms with Crippen LogP contribution in [-0.2, 0) is 0 Å². The number of pyridine rings is 1. The molecule has 10 nitrogen and oxygen atoms in total. The number of likely N-dealkylation sites (tertiary alicyclic amines) is 1. The Morgan fingerprint density at radius 1 is 0.929 bits per heavy atom. The molecule has 3 aliphatic heterocycles. The van der Waals surface area contributed by atoms with E-state index in [4.69, 9.17) is 10.7 Å². The van der Waals surface area contributed by atoms with Crippen LogP contribution in [0.15, 0.2) is 36.5 Å². The van der Waals surface area contributed by atoms with Gasteiger partial charge in [-0.15, -0.1) is 0 Å². The predicted octanol–water partition coefficient (Wildman–Crippen LogP) is 3.53. The molecule has 3 saturated heterocycles. The van der Waals surface area contributed by atoms with E-state index in [-0.39, 0.29) is 42.0 Å². The van der Waals surface area contributed by atoms with Gasteiger partial charge in [-0.05, 0) is 81.8 Å². The average molecular weight is 576 g/mol. The fourth-order valence-electron chi connectivity index (χ4n) is 6.85. The Morgan fingerprint density at radius 3 is 2.19 bits per heavy atom. The van der Waals surface area contributed by atoms with Gasteiger partial charge in [-0.3, -0.25) is 14.4 Å². The normalized spacial score (nSPS) is 23.7. The van der Waals surface area contributed by atoms with Crippen LogP contribution >= 0.6 is 0 Å². The molecule has 5 N–H and O–H groups in total. The summed E-state index contributed by atoms with van der Waals surface area (Å²) in [5.41, 5.74) is 7.70. The van der Waals surface area contributed by atoms with Crippen molar-refractivity contribution in [1.82, 2.24) is 20.5 Å². The SMILES string of the molecule is CCC(CC)Nc1cc(C(=O)NC2CC3CCC(C2)N3c2ccc(C(=O)N[C@@H]3CCN(CC)C3)cn2)ccc1C(N)=O. The topological polar surface area (TPSA) is 133 Å². The number of carbonyl (C=O) groups excluding carboxylic acids is 3. The number of benzene rings is 1. The van der Waals surface area contributed by atoms with Crippen LogP contribution in [0.5, 0.6) is 0 Å². The molecule has 42 heavy (non-hydrogen) atoms. The average Bonchev–Trinajstić information content (AvgIpc) is 3.56. The first-order valence-electron chi connectivity index (χ1n) is 15.6. The number of fused-ring (bicyclic) bond motifs is 2. The van der Waals surface area contributed by atoms with Crippen molar-refractivity contribution in [3.8, 4) is 0 Å². The molecule has 0 spiro atoms. The number of carbonyl (C=O) groups is 3. The van der Waals surface area contributed by atoms with Gasteiger partial charge < -0.3 is 31.5 Å². The van der Waals surface area contributed by atoms with E-state index in [2.05, 4.69) is 46.5 Å². The molecule has 1 aromatic heterocycles. The summed E-state index contributed by atoms with van der Waals surface area (Å²) in [7, 11) is 0. The Hall–Kier alpha value is -3.66. The van der Waals surface area contributed by atoms with Gasteiger partial charge in [0.25, 0.3) is 17.7 Å². The summed E-state index contributed by atoms with van der Waals surface area (Å²) in [6.07, 6.45) is 8.23. The summed E-state index contributed by atoms with van der Waals surface area (Å²) in [4.78, 5) is 47.5. The maximum absolute atomic E-state index is 13.3. The van der Waals surface area contributed by atoms with E-state index in [0.717, 1.165) is 70.4 Å². The maximum atomic E-state index is 13.3. The van der Waals surface area contributed by atoms with Crippen molar-refractivity contribution in [3.63, 3.8) is 0 Å². The van der Waals surface area contributed by atoms with Crippen LogP contribution in [0.25, 0.3) is 0 Å². The number of piperidine rings is 1. The quantitative estimate of drug-likeness (QED) is 0.322. The largest absolute Gasteiger partial charge is 0.382 e. The molecule has 10 heteroatoms. The van der Waals surface area contributed by atoms with Gasteiger partial charge in [0.1, 0.15) is 5.82 Å². The molecule has 0 saturated carbocycles. The summed E-state index contributed by atoms with van der Waals surface area (Å²) in [5.74, 6) is 0.164. The zero-order chi connectivity index (χ0) is 29.8. The Labute approximate surface area is 248 Å². The van der Waals surface area contributed by atoms with Crippen LogP contribution in [0.4, 0.5) is 11.5 Å². The monoisotopic (exact) mass is 575 g/mol. The molecule has 4 heterocycles. The minimum absolute atomic E-state index is 0.0525. The number of rotatable bonds is 11. The van der Waals surface area contributed by atoms with Gasteiger partial charge in [0.2, 0.25) is 0 Å². The second kappa shape index (κ2) is 13.1.